The number of hydrogen-bond acceptors (Lipinski definition) is 3. The molecule has 3 fully saturated rings. The van der Waals surface area contributed by atoms with E-state index >= 15 is 0 Å². The maximum atomic E-state index is 14.0. The summed E-state index contributed by atoms with van der Waals surface area (Å²) in [6.07, 6.45) is 6.45. The van der Waals surface area contributed by atoms with Crippen LogP contribution in [0.4, 0.5) is 0 Å². The van der Waals surface area contributed by atoms with Gasteiger partial charge in [-0.15, -0.1) is 12.4 Å². The minimum atomic E-state index is 0. The van der Waals surface area contributed by atoms with Crippen molar-refractivity contribution in [3.63, 3.8) is 0 Å². The van der Waals surface area contributed by atoms with Gasteiger partial charge in [-0.05, 0) is 82.4 Å². The summed E-state index contributed by atoms with van der Waals surface area (Å²) < 4.78 is 0. The highest BCUT2D eigenvalue weighted by Crippen LogP contribution is 2.39. The first-order valence-corrected chi connectivity index (χ1v) is 14.5. The van der Waals surface area contributed by atoms with Crippen molar-refractivity contribution < 1.29 is 4.79 Å². The molecule has 6 heteroatoms. The summed E-state index contributed by atoms with van der Waals surface area (Å²) in [6.45, 7) is 18.6. The molecule has 0 aromatic heterocycles. The fraction of sp³-hybridized carbons (Fsp3) is 0.767. The van der Waals surface area contributed by atoms with Crippen molar-refractivity contribution >= 4 is 29.9 Å². The number of amides is 1. The van der Waals surface area contributed by atoms with E-state index in [1.807, 2.05) is 12.1 Å². The van der Waals surface area contributed by atoms with Crippen LogP contribution in [0.2, 0.25) is 5.02 Å². The molecule has 2 aliphatic heterocycles. The molecule has 4 nitrogen and oxygen atoms in total. The monoisotopic (exact) mass is 537 g/mol. The van der Waals surface area contributed by atoms with Gasteiger partial charge in [-0.3, -0.25) is 14.6 Å². The number of carbonyl (C=O) groups excluding carboxylic acids is 1. The van der Waals surface area contributed by atoms with Crippen molar-refractivity contribution in [3.8, 4) is 0 Å². The van der Waals surface area contributed by atoms with Crippen molar-refractivity contribution in [2.24, 2.45) is 17.8 Å². The lowest BCUT2D eigenvalue weighted by atomic mass is 9.85. The van der Waals surface area contributed by atoms with E-state index in [0.717, 1.165) is 50.1 Å². The quantitative estimate of drug-likeness (QED) is 0.403. The molecule has 1 saturated carbocycles. The van der Waals surface area contributed by atoms with Gasteiger partial charge in [0.25, 0.3) is 0 Å². The standard InChI is InChI=1S/C30H48ClN3O.ClH/c1-21(2)17-34(25-13-7-22(3)8-14-25)26-15-16-32(18-26)29(35)28-20-33(30(4,5)6)19-27(28)23-9-11-24(31)12-10-23;/h9-12,21-22,25-28H,7-8,13-20H2,1-6H3;1H/t22?,25?,26-,27-,28+;/m0./s1. The summed E-state index contributed by atoms with van der Waals surface area (Å²) in [7, 11) is 0. The number of rotatable bonds is 6. The van der Waals surface area contributed by atoms with Gasteiger partial charge in [0.1, 0.15) is 0 Å². The number of likely N-dealkylation sites (tertiary alicyclic amines) is 2. The molecule has 2 saturated heterocycles. The Labute approximate surface area is 231 Å². The Morgan fingerprint density at radius 2 is 1.64 bits per heavy atom. The number of benzene rings is 1. The Hall–Kier alpha value is -0.810. The average molecular weight is 539 g/mol. The maximum absolute atomic E-state index is 14.0. The topological polar surface area (TPSA) is 26.8 Å². The molecule has 204 valence electrons. The molecular weight excluding hydrogens is 489 g/mol. The molecule has 0 radical (unpaired) electrons. The third-order valence-electron chi connectivity index (χ3n) is 8.86. The Morgan fingerprint density at radius 3 is 2.22 bits per heavy atom. The summed E-state index contributed by atoms with van der Waals surface area (Å²) in [5.74, 6) is 2.13. The summed E-state index contributed by atoms with van der Waals surface area (Å²) in [4.78, 5) is 21.5. The zero-order valence-electron chi connectivity index (χ0n) is 23.4. The third-order valence-corrected chi connectivity index (χ3v) is 9.11. The molecule has 4 rings (SSSR count). The van der Waals surface area contributed by atoms with Crippen LogP contribution < -0.4 is 0 Å². The Kier molecular flexibility index (Phi) is 10.2. The zero-order valence-corrected chi connectivity index (χ0v) is 25.0. The van der Waals surface area contributed by atoms with Gasteiger partial charge in [0.05, 0.1) is 5.92 Å². The zero-order chi connectivity index (χ0) is 25.3. The van der Waals surface area contributed by atoms with Crippen molar-refractivity contribution in [2.75, 3.05) is 32.7 Å². The van der Waals surface area contributed by atoms with E-state index in [4.69, 9.17) is 11.6 Å². The predicted molar refractivity (Wildman–Crippen MR) is 154 cm³/mol. The molecule has 0 spiro atoms. The largest absolute Gasteiger partial charge is 0.341 e. The first kappa shape index (κ1) is 29.7. The number of carbonyl (C=O) groups is 1. The molecule has 0 N–H and O–H groups in total. The van der Waals surface area contributed by atoms with Crippen LogP contribution in [0, 0.1) is 17.8 Å². The lowest BCUT2D eigenvalue weighted by molar-refractivity contribution is -0.134. The smallest absolute Gasteiger partial charge is 0.227 e. The highest BCUT2D eigenvalue weighted by Gasteiger charge is 2.45. The second-order valence-electron chi connectivity index (χ2n) is 13.1. The van der Waals surface area contributed by atoms with Gasteiger partial charge in [-0.25, -0.2) is 0 Å². The van der Waals surface area contributed by atoms with Crippen LogP contribution in [0.25, 0.3) is 0 Å². The minimum absolute atomic E-state index is 0. The first-order valence-electron chi connectivity index (χ1n) is 14.1. The molecule has 2 heterocycles. The van der Waals surface area contributed by atoms with E-state index in [9.17, 15) is 4.79 Å². The molecular formula is C30H49Cl2N3O. The first-order chi connectivity index (χ1) is 16.5. The summed E-state index contributed by atoms with van der Waals surface area (Å²) in [6, 6.07) is 9.39. The summed E-state index contributed by atoms with van der Waals surface area (Å²) in [5, 5.41) is 0.757. The molecule has 36 heavy (non-hydrogen) atoms. The molecule has 1 amide bonds. The van der Waals surface area contributed by atoms with E-state index in [-0.39, 0.29) is 29.8 Å². The highest BCUT2D eigenvalue weighted by molar-refractivity contribution is 6.30. The second kappa shape index (κ2) is 12.4. The average Bonchev–Trinajstić information content (AvgIpc) is 3.46. The van der Waals surface area contributed by atoms with Crippen molar-refractivity contribution in [2.45, 2.75) is 97.2 Å². The summed E-state index contributed by atoms with van der Waals surface area (Å²) in [5.41, 5.74) is 1.30. The fourth-order valence-electron chi connectivity index (χ4n) is 6.69. The molecule has 0 bridgehead atoms. The molecule has 1 aromatic carbocycles. The fourth-order valence-corrected chi connectivity index (χ4v) is 6.81. The molecule has 0 unspecified atom stereocenters. The van der Waals surface area contributed by atoms with Gasteiger partial charge in [0.15, 0.2) is 0 Å². The van der Waals surface area contributed by atoms with Crippen LogP contribution in [-0.4, -0.2) is 71.0 Å². The lowest BCUT2D eigenvalue weighted by Crippen LogP contribution is -2.48. The molecule has 1 aliphatic carbocycles. The normalized spacial score (nSPS) is 29.7. The van der Waals surface area contributed by atoms with Crippen molar-refractivity contribution in [3.05, 3.63) is 34.9 Å². The minimum Gasteiger partial charge on any atom is -0.341 e. The summed E-state index contributed by atoms with van der Waals surface area (Å²) >= 11 is 6.19. The van der Waals surface area contributed by atoms with Crippen LogP contribution in [0.3, 0.4) is 0 Å². The van der Waals surface area contributed by atoms with Crippen molar-refractivity contribution in [1.82, 2.24) is 14.7 Å². The van der Waals surface area contributed by atoms with E-state index in [2.05, 4.69) is 68.4 Å². The van der Waals surface area contributed by atoms with Crippen LogP contribution in [0.5, 0.6) is 0 Å². The molecule has 1 aromatic rings. The van der Waals surface area contributed by atoms with Gasteiger partial charge in [-0.2, -0.15) is 0 Å². The van der Waals surface area contributed by atoms with E-state index in [0.29, 0.717) is 23.9 Å². The SMILES string of the molecule is CC(C)CN(C1CCC(C)CC1)[C@H]1CCN(C(=O)[C@@H]2CN(C(C)(C)C)C[C@H]2c2ccc(Cl)cc2)C1.Cl. The molecule has 3 atom stereocenters. The lowest BCUT2D eigenvalue weighted by Gasteiger charge is -2.41. The third kappa shape index (κ3) is 6.98. The number of hydrogen-bond donors (Lipinski definition) is 0. The second-order valence-corrected chi connectivity index (χ2v) is 13.5. The van der Waals surface area contributed by atoms with Gasteiger partial charge in [0.2, 0.25) is 5.91 Å². The van der Waals surface area contributed by atoms with Crippen LogP contribution >= 0.6 is 24.0 Å². The number of halogens is 2. The van der Waals surface area contributed by atoms with Crippen LogP contribution in [0.15, 0.2) is 24.3 Å². The maximum Gasteiger partial charge on any atom is 0.227 e. The van der Waals surface area contributed by atoms with Gasteiger partial charge >= 0.3 is 0 Å². The van der Waals surface area contributed by atoms with E-state index in [1.165, 1.54) is 31.2 Å². The predicted octanol–water partition coefficient (Wildman–Crippen LogP) is 6.71. The van der Waals surface area contributed by atoms with E-state index in [1.54, 1.807) is 0 Å². The Balaban J connectivity index is 0.00000361. The Morgan fingerprint density at radius 1 is 1.00 bits per heavy atom. The van der Waals surface area contributed by atoms with Crippen LogP contribution in [-0.2, 0) is 4.79 Å². The molecule has 3 aliphatic rings. The van der Waals surface area contributed by atoms with Crippen molar-refractivity contribution in [1.29, 1.82) is 0 Å². The highest BCUT2D eigenvalue weighted by atomic mass is 35.5. The van der Waals surface area contributed by atoms with Crippen LogP contribution in [0.1, 0.15) is 85.1 Å². The van der Waals surface area contributed by atoms with Gasteiger partial charge in [0, 0.05) is 61.3 Å². The Bertz CT molecular complexity index is 845. The van der Waals surface area contributed by atoms with E-state index < -0.39 is 0 Å². The van der Waals surface area contributed by atoms with Gasteiger partial charge < -0.3 is 4.90 Å². The number of nitrogens with zero attached hydrogens (tertiary/aromatic N) is 3. The van der Waals surface area contributed by atoms with Gasteiger partial charge in [-0.1, -0.05) is 44.5 Å².